The van der Waals surface area contributed by atoms with Crippen LogP contribution < -0.4 is 0 Å². The third kappa shape index (κ3) is 5.33. The number of esters is 1. The number of aryl methyl sites for hydroxylation is 1. The Hall–Kier alpha value is -2.00. The van der Waals surface area contributed by atoms with E-state index in [1.54, 1.807) is 32.9 Å². The normalized spacial score (nSPS) is 19.7. The van der Waals surface area contributed by atoms with Gasteiger partial charge in [0.15, 0.2) is 5.79 Å². The van der Waals surface area contributed by atoms with Crippen molar-refractivity contribution in [2.24, 2.45) is 0 Å². The highest BCUT2D eigenvalue weighted by Crippen LogP contribution is 2.32. The first-order valence-electron chi connectivity index (χ1n) is 9.40. The Morgan fingerprint density at radius 1 is 1.38 bits per heavy atom. The maximum atomic E-state index is 13.5. The second-order valence-corrected chi connectivity index (χ2v) is 9.12. The van der Waals surface area contributed by atoms with E-state index in [1.165, 1.54) is 22.5 Å². The largest absolute Gasteiger partial charge is 0.463 e. The highest BCUT2D eigenvalue weighted by atomic mass is 32.2. The van der Waals surface area contributed by atoms with E-state index in [4.69, 9.17) is 14.2 Å². The zero-order valence-corrected chi connectivity index (χ0v) is 18.2. The van der Waals surface area contributed by atoms with E-state index in [9.17, 15) is 13.2 Å². The van der Waals surface area contributed by atoms with Crippen LogP contribution in [0.15, 0.2) is 54.0 Å². The van der Waals surface area contributed by atoms with Gasteiger partial charge in [-0.3, -0.25) is 0 Å². The second kappa shape index (κ2) is 9.21. The molecule has 1 aromatic carbocycles. The summed E-state index contributed by atoms with van der Waals surface area (Å²) in [6.45, 7) is 14.7. The van der Waals surface area contributed by atoms with Gasteiger partial charge in [-0.1, -0.05) is 30.4 Å². The van der Waals surface area contributed by atoms with Crippen molar-refractivity contribution in [1.82, 2.24) is 4.31 Å². The molecular formula is C21H29NO6S. The van der Waals surface area contributed by atoms with Gasteiger partial charge in [0.2, 0.25) is 10.0 Å². The number of carbonyl (C=O) groups is 1. The fraction of sp³-hybridized carbons (Fsp3) is 0.476. The Labute approximate surface area is 173 Å². The highest BCUT2D eigenvalue weighted by Gasteiger charge is 2.46. The van der Waals surface area contributed by atoms with Crippen LogP contribution in [0.3, 0.4) is 0 Å². The predicted molar refractivity (Wildman–Crippen MR) is 110 cm³/mol. The summed E-state index contributed by atoms with van der Waals surface area (Å²) in [5.74, 6) is -1.59. The van der Waals surface area contributed by atoms with Crippen molar-refractivity contribution < 1.29 is 27.4 Å². The third-order valence-corrected chi connectivity index (χ3v) is 6.39. The number of rotatable bonds is 9. The van der Waals surface area contributed by atoms with E-state index < -0.39 is 33.9 Å². The van der Waals surface area contributed by atoms with Crippen molar-refractivity contribution in [2.45, 2.75) is 50.5 Å². The molecule has 0 aliphatic carbocycles. The minimum absolute atomic E-state index is 0.0179. The van der Waals surface area contributed by atoms with Gasteiger partial charge < -0.3 is 14.2 Å². The van der Waals surface area contributed by atoms with E-state index in [2.05, 4.69) is 13.2 Å². The Morgan fingerprint density at radius 2 is 2.00 bits per heavy atom. The minimum atomic E-state index is -3.99. The predicted octanol–water partition coefficient (Wildman–Crippen LogP) is 2.81. The van der Waals surface area contributed by atoms with Gasteiger partial charge in [0.25, 0.3) is 0 Å². The first kappa shape index (κ1) is 23.3. The van der Waals surface area contributed by atoms with Gasteiger partial charge in [-0.15, -0.1) is 6.58 Å². The monoisotopic (exact) mass is 423 g/mol. The summed E-state index contributed by atoms with van der Waals surface area (Å²) in [6, 6.07) is 5.47. The summed E-state index contributed by atoms with van der Waals surface area (Å²) in [5, 5.41) is 0. The molecule has 0 N–H and O–H groups in total. The lowest BCUT2D eigenvalue weighted by Gasteiger charge is -2.34. The molecular weight excluding hydrogens is 394 g/mol. The van der Waals surface area contributed by atoms with Gasteiger partial charge in [0.05, 0.1) is 29.7 Å². The van der Waals surface area contributed by atoms with Gasteiger partial charge in [-0.05, 0) is 39.8 Å². The van der Waals surface area contributed by atoms with Crippen molar-refractivity contribution in [2.75, 3.05) is 19.8 Å². The van der Waals surface area contributed by atoms with Crippen LogP contribution in [0.1, 0.15) is 26.3 Å². The summed E-state index contributed by atoms with van der Waals surface area (Å²) in [4.78, 5) is 12.6. The van der Waals surface area contributed by atoms with Crippen LogP contribution in [0, 0.1) is 6.92 Å². The van der Waals surface area contributed by atoms with Crippen molar-refractivity contribution in [3.05, 3.63) is 54.6 Å². The number of carbonyl (C=O) groups excluding carboxylic acids is 1. The summed E-state index contributed by atoms with van der Waals surface area (Å²) in [7, 11) is -3.99. The van der Waals surface area contributed by atoms with Gasteiger partial charge >= 0.3 is 5.97 Å². The summed E-state index contributed by atoms with van der Waals surface area (Å²) in [5.41, 5.74) is 0.914. The third-order valence-electron chi connectivity index (χ3n) is 4.52. The Bertz CT molecular complexity index is 860. The van der Waals surface area contributed by atoms with E-state index in [0.717, 1.165) is 5.56 Å². The van der Waals surface area contributed by atoms with Crippen molar-refractivity contribution in [3.63, 3.8) is 0 Å². The minimum Gasteiger partial charge on any atom is -0.463 e. The lowest BCUT2D eigenvalue weighted by atomic mass is 10.0. The molecule has 1 aliphatic heterocycles. The number of ether oxygens (including phenoxy) is 3. The molecule has 0 aromatic heterocycles. The van der Waals surface area contributed by atoms with E-state index in [1.807, 2.05) is 6.92 Å². The molecule has 0 unspecified atom stereocenters. The number of nitrogens with zero attached hydrogens (tertiary/aromatic N) is 1. The fourth-order valence-corrected chi connectivity index (χ4v) is 4.75. The molecule has 2 atom stereocenters. The van der Waals surface area contributed by atoms with Crippen LogP contribution in [0.25, 0.3) is 0 Å². The lowest BCUT2D eigenvalue weighted by molar-refractivity contribution is -0.147. The first-order valence-corrected chi connectivity index (χ1v) is 10.8. The smallest absolute Gasteiger partial charge is 0.335 e. The lowest BCUT2D eigenvalue weighted by Crippen LogP contribution is -2.50. The Balaban J connectivity index is 2.53. The average molecular weight is 424 g/mol. The quantitative estimate of drug-likeness (QED) is 0.345. The van der Waals surface area contributed by atoms with Crippen LogP contribution >= 0.6 is 0 Å². The fourth-order valence-electron chi connectivity index (χ4n) is 3.13. The molecule has 1 fully saturated rings. The van der Waals surface area contributed by atoms with E-state index >= 15 is 0 Å². The molecule has 1 aromatic rings. The van der Waals surface area contributed by atoms with Gasteiger partial charge in [-0.2, -0.15) is 4.31 Å². The summed E-state index contributed by atoms with van der Waals surface area (Å²) < 4.78 is 44.7. The van der Waals surface area contributed by atoms with Gasteiger partial charge in [0, 0.05) is 6.54 Å². The molecule has 29 heavy (non-hydrogen) atoms. The van der Waals surface area contributed by atoms with Crippen LogP contribution in [0.2, 0.25) is 0 Å². The molecule has 0 amide bonds. The zero-order chi connectivity index (χ0) is 21.8. The molecule has 0 radical (unpaired) electrons. The van der Waals surface area contributed by atoms with E-state index in [-0.39, 0.29) is 30.2 Å². The molecule has 2 rings (SSSR count). The maximum Gasteiger partial charge on any atom is 0.335 e. The van der Waals surface area contributed by atoms with Crippen LogP contribution in [0.4, 0.5) is 0 Å². The molecule has 1 aliphatic rings. The molecule has 7 nitrogen and oxygen atoms in total. The van der Waals surface area contributed by atoms with Gasteiger partial charge in [-0.25, -0.2) is 13.2 Å². The molecule has 0 saturated carbocycles. The Morgan fingerprint density at radius 3 is 2.48 bits per heavy atom. The second-order valence-electron chi connectivity index (χ2n) is 7.23. The topological polar surface area (TPSA) is 82.1 Å². The number of sulfonamides is 1. The standard InChI is InChI=1S/C21H29NO6S/c1-7-13-22(29(24,25)17-11-9-15(3)10-12-17)19(16(4)20(23)26-8-2)18-14-27-21(5,6)28-18/h7,9-12,18-19H,1,4,8,13-14H2,2-3,5-6H3/t18-,19+/m1/s1. The van der Waals surface area contributed by atoms with Crippen molar-refractivity contribution >= 4 is 16.0 Å². The molecule has 8 heteroatoms. The van der Waals surface area contributed by atoms with Crippen LogP contribution in [-0.2, 0) is 29.0 Å². The van der Waals surface area contributed by atoms with Crippen molar-refractivity contribution in [1.29, 1.82) is 0 Å². The van der Waals surface area contributed by atoms with Crippen LogP contribution in [0.5, 0.6) is 0 Å². The SMILES string of the molecule is C=CCN([C@@H](C(=C)C(=O)OCC)[C@H]1COC(C)(C)O1)S(=O)(=O)c1ccc(C)cc1. The van der Waals surface area contributed by atoms with Crippen molar-refractivity contribution in [3.8, 4) is 0 Å². The first-order chi connectivity index (χ1) is 13.5. The van der Waals surface area contributed by atoms with Gasteiger partial charge in [0.1, 0.15) is 6.10 Å². The number of hydrogen-bond donors (Lipinski definition) is 0. The maximum absolute atomic E-state index is 13.5. The Kier molecular flexibility index (Phi) is 7.40. The highest BCUT2D eigenvalue weighted by molar-refractivity contribution is 7.89. The molecule has 0 spiro atoms. The zero-order valence-electron chi connectivity index (χ0n) is 17.4. The van der Waals surface area contributed by atoms with E-state index in [0.29, 0.717) is 0 Å². The summed E-state index contributed by atoms with van der Waals surface area (Å²) >= 11 is 0. The molecule has 0 bridgehead atoms. The molecule has 160 valence electrons. The van der Waals surface area contributed by atoms with Crippen LogP contribution in [-0.4, -0.2) is 56.4 Å². The number of benzene rings is 1. The summed E-state index contributed by atoms with van der Waals surface area (Å²) in [6.07, 6.45) is 0.722. The average Bonchev–Trinajstić information content (AvgIpc) is 3.01. The molecule has 1 heterocycles. The molecule has 1 saturated heterocycles. The number of hydrogen-bond acceptors (Lipinski definition) is 6.